The molecule has 0 saturated carbocycles. The largest absolute Gasteiger partial charge is 0.417 e. The van der Waals surface area contributed by atoms with Gasteiger partial charge in [-0.1, -0.05) is 18.2 Å². The van der Waals surface area contributed by atoms with Crippen LogP contribution in [0.25, 0.3) is 0 Å². The van der Waals surface area contributed by atoms with Gasteiger partial charge in [0.25, 0.3) is 5.91 Å². The van der Waals surface area contributed by atoms with Gasteiger partial charge in [0.05, 0.1) is 23.8 Å². The van der Waals surface area contributed by atoms with E-state index in [0.717, 1.165) is 25.0 Å². The molecule has 3 aromatic rings. The molecule has 1 saturated heterocycles. The van der Waals surface area contributed by atoms with Crippen LogP contribution in [0.1, 0.15) is 34.3 Å². The van der Waals surface area contributed by atoms with Crippen LogP contribution in [0, 0.1) is 6.92 Å². The molecule has 0 spiro atoms. The van der Waals surface area contributed by atoms with Crippen molar-refractivity contribution in [2.45, 2.75) is 32.0 Å². The van der Waals surface area contributed by atoms with Crippen LogP contribution in [0.3, 0.4) is 0 Å². The number of anilines is 4. The smallest absolute Gasteiger partial charge is 0.384 e. The van der Waals surface area contributed by atoms with Gasteiger partial charge in [-0.2, -0.15) is 13.2 Å². The van der Waals surface area contributed by atoms with Crippen LogP contribution in [0.4, 0.5) is 41.0 Å². The predicted molar refractivity (Wildman–Crippen MR) is 132 cm³/mol. The fourth-order valence-corrected chi connectivity index (χ4v) is 3.93. The first-order valence-corrected chi connectivity index (χ1v) is 11.5. The standard InChI is InChI=1S/C25H25F3N6O3/c1-15-8-9-16(32-23(35)18-6-2-3-7-19(18)25(26,27)28)11-20(15)33-24(36)34(13-17-5-4-10-37-17)22-12-21(29)30-14-31-22/h2-3,6-9,11-12,14,17H,4-5,10,13H2,1H3,(H,32,35)(H,33,36)(H2,29,30,31). The lowest BCUT2D eigenvalue weighted by Gasteiger charge is -2.25. The highest BCUT2D eigenvalue weighted by Gasteiger charge is 2.35. The number of benzene rings is 2. The van der Waals surface area contributed by atoms with E-state index < -0.39 is 29.2 Å². The number of carbonyl (C=O) groups excluding carboxylic acids is 2. The van der Waals surface area contributed by atoms with Crippen LogP contribution in [-0.2, 0) is 10.9 Å². The molecule has 2 heterocycles. The van der Waals surface area contributed by atoms with Crippen molar-refractivity contribution in [1.82, 2.24) is 9.97 Å². The molecule has 4 rings (SSSR count). The summed E-state index contributed by atoms with van der Waals surface area (Å²) < 4.78 is 45.7. The second-order valence-corrected chi connectivity index (χ2v) is 8.50. The molecule has 1 atom stereocenters. The fraction of sp³-hybridized carbons (Fsp3) is 0.280. The van der Waals surface area contributed by atoms with E-state index in [1.165, 1.54) is 41.6 Å². The molecule has 3 amide bonds. The van der Waals surface area contributed by atoms with Crippen LogP contribution in [-0.4, -0.2) is 41.2 Å². The summed E-state index contributed by atoms with van der Waals surface area (Å²) in [5, 5.41) is 5.27. The molecule has 4 N–H and O–H groups in total. The first-order valence-electron chi connectivity index (χ1n) is 11.5. The van der Waals surface area contributed by atoms with Crippen molar-refractivity contribution >= 4 is 34.9 Å². The Bertz CT molecular complexity index is 1290. The summed E-state index contributed by atoms with van der Waals surface area (Å²) in [7, 11) is 0. The summed E-state index contributed by atoms with van der Waals surface area (Å²) in [5.74, 6) is -0.452. The van der Waals surface area contributed by atoms with Crippen LogP contribution >= 0.6 is 0 Å². The normalized spacial score (nSPS) is 15.3. The summed E-state index contributed by atoms with van der Waals surface area (Å²) in [6.45, 7) is 2.57. The van der Waals surface area contributed by atoms with E-state index in [-0.39, 0.29) is 30.0 Å². The van der Waals surface area contributed by atoms with Gasteiger partial charge < -0.3 is 21.1 Å². The zero-order valence-electron chi connectivity index (χ0n) is 19.9. The van der Waals surface area contributed by atoms with E-state index in [0.29, 0.717) is 17.9 Å². The Balaban J connectivity index is 1.55. The number of nitrogens with one attached hydrogen (secondary N) is 2. The van der Waals surface area contributed by atoms with E-state index in [1.807, 2.05) is 0 Å². The topological polar surface area (TPSA) is 122 Å². The van der Waals surface area contributed by atoms with E-state index in [2.05, 4.69) is 20.6 Å². The molecule has 0 bridgehead atoms. The van der Waals surface area contributed by atoms with Crippen molar-refractivity contribution in [3.63, 3.8) is 0 Å². The highest BCUT2D eigenvalue weighted by atomic mass is 19.4. The molecular weight excluding hydrogens is 489 g/mol. The number of ether oxygens (including phenoxy) is 1. The van der Waals surface area contributed by atoms with Crippen molar-refractivity contribution in [3.8, 4) is 0 Å². The lowest BCUT2D eigenvalue weighted by molar-refractivity contribution is -0.137. The van der Waals surface area contributed by atoms with Crippen molar-refractivity contribution in [1.29, 1.82) is 0 Å². The fourth-order valence-electron chi connectivity index (χ4n) is 3.93. The number of urea groups is 1. The first kappa shape index (κ1) is 25.9. The van der Waals surface area contributed by atoms with Crippen molar-refractivity contribution in [2.75, 3.05) is 34.4 Å². The van der Waals surface area contributed by atoms with Gasteiger partial charge in [0.1, 0.15) is 18.0 Å². The quantitative estimate of drug-likeness (QED) is 0.432. The maximum atomic E-state index is 13.3. The molecule has 0 radical (unpaired) electrons. The number of amides is 3. The number of nitrogens with zero attached hydrogens (tertiary/aromatic N) is 3. The van der Waals surface area contributed by atoms with E-state index in [4.69, 9.17) is 10.5 Å². The Hall–Kier alpha value is -4.19. The molecule has 9 nitrogen and oxygen atoms in total. The maximum absolute atomic E-state index is 13.3. The van der Waals surface area contributed by atoms with Gasteiger partial charge in [-0.05, 0) is 49.6 Å². The average Bonchev–Trinajstić information content (AvgIpc) is 3.37. The molecule has 1 aliphatic rings. The molecule has 1 fully saturated rings. The van der Waals surface area contributed by atoms with Crippen molar-refractivity contribution < 1.29 is 27.5 Å². The maximum Gasteiger partial charge on any atom is 0.417 e. The van der Waals surface area contributed by atoms with E-state index >= 15 is 0 Å². The van der Waals surface area contributed by atoms with Gasteiger partial charge in [-0.3, -0.25) is 9.69 Å². The minimum atomic E-state index is -4.68. The van der Waals surface area contributed by atoms with Gasteiger partial charge in [-0.15, -0.1) is 0 Å². The second-order valence-electron chi connectivity index (χ2n) is 8.50. The Morgan fingerprint density at radius 3 is 2.62 bits per heavy atom. The van der Waals surface area contributed by atoms with Gasteiger partial charge in [-0.25, -0.2) is 14.8 Å². The van der Waals surface area contributed by atoms with Gasteiger partial charge in [0, 0.05) is 24.0 Å². The van der Waals surface area contributed by atoms with Crippen LogP contribution in [0.5, 0.6) is 0 Å². The highest BCUT2D eigenvalue weighted by Crippen LogP contribution is 2.32. The zero-order chi connectivity index (χ0) is 26.6. The Labute approximate surface area is 210 Å². The number of aromatic nitrogens is 2. The molecule has 12 heteroatoms. The third kappa shape index (κ3) is 6.33. The lowest BCUT2D eigenvalue weighted by Crippen LogP contribution is -2.41. The van der Waals surface area contributed by atoms with Crippen molar-refractivity contribution in [2.24, 2.45) is 0 Å². The van der Waals surface area contributed by atoms with Crippen LogP contribution in [0.2, 0.25) is 0 Å². The Morgan fingerprint density at radius 1 is 1.14 bits per heavy atom. The van der Waals surface area contributed by atoms with Gasteiger partial charge >= 0.3 is 12.2 Å². The van der Waals surface area contributed by atoms with Gasteiger partial charge in [0.2, 0.25) is 0 Å². The predicted octanol–water partition coefficient (Wildman–Crippen LogP) is 4.86. The summed E-state index contributed by atoms with van der Waals surface area (Å²) in [6.07, 6.45) is -1.95. The van der Waals surface area contributed by atoms with Crippen LogP contribution in [0.15, 0.2) is 54.9 Å². The molecule has 1 unspecified atom stereocenters. The third-order valence-corrected chi connectivity index (χ3v) is 5.82. The number of alkyl halides is 3. The van der Waals surface area contributed by atoms with E-state index in [9.17, 15) is 22.8 Å². The number of aryl methyl sites for hydroxylation is 1. The number of carbonyl (C=O) groups is 2. The van der Waals surface area contributed by atoms with E-state index in [1.54, 1.807) is 13.0 Å². The average molecular weight is 515 g/mol. The van der Waals surface area contributed by atoms with Crippen LogP contribution < -0.4 is 21.3 Å². The number of nitrogen functional groups attached to an aromatic ring is 1. The first-order chi connectivity index (χ1) is 17.6. The highest BCUT2D eigenvalue weighted by molar-refractivity contribution is 6.06. The monoisotopic (exact) mass is 514 g/mol. The summed E-state index contributed by atoms with van der Waals surface area (Å²) in [5.41, 5.74) is 5.46. The molecule has 2 aromatic carbocycles. The molecule has 1 aromatic heterocycles. The summed E-state index contributed by atoms with van der Waals surface area (Å²) >= 11 is 0. The SMILES string of the molecule is Cc1ccc(NC(=O)c2ccccc2C(F)(F)F)cc1NC(=O)N(CC1CCCO1)c1cc(N)ncn1. The third-order valence-electron chi connectivity index (χ3n) is 5.82. The number of rotatable bonds is 6. The van der Waals surface area contributed by atoms with Gasteiger partial charge in [0.15, 0.2) is 0 Å². The molecule has 37 heavy (non-hydrogen) atoms. The Morgan fingerprint density at radius 2 is 1.92 bits per heavy atom. The molecular formula is C25H25F3N6O3. The lowest BCUT2D eigenvalue weighted by atomic mass is 10.1. The molecule has 194 valence electrons. The molecule has 0 aliphatic carbocycles. The number of hydrogen-bond donors (Lipinski definition) is 3. The Kier molecular flexibility index (Phi) is 7.58. The molecule has 1 aliphatic heterocycles. The number of hydrogen-bond acceptors (Lipinski definition) is 6. The number of nitrogens with two attached hydrogens (primary N) is 1. The number of halogens is 3. The zero-order valence-corrected chi connectivity index (χ0v) is 19.9. The summed E-state index contributed by atoms with van der Waals surface area (Å²) in [6, 6.07) is 10.1. The minimum absolute atomic E-state index is 0.178. The minimum Gasteiger partial charge on any atom is -0.384 e. The summed E-state index contributed by atoms with van der Waals surface area (Å²) in [4.78, 5) is 35.4. The van der Waals surface area contributed by atoms with Crippen molar-refractivity contribution in [3.05, 3.63) is 71.5 Å². The second kappa shape index (κ2) is 10.8.